The first-order chi connectivity index (χ1) is 9.36. The molecule has 0 aliphatic heterocycles. The smallest absolute Gasteiger partial charge is 0.261 e. The first-order valence-electron chi connectivity index (χ1n) is 5.48. The largest absolute Gasteiger partial charge is 0.489 e. The van der Waals surface area contributed by atoms with Crippen molar-refractivity contribution in [2.24, 2.45) is 0 Å². The van der Waals surface area contributed by atoms with Crippen molar-refractivity contribution in [3.63, 3.8) is 0 Å². The Morgan fingerprint density at radius 1 is 1.15 bits per heavy atom. The maximum Gasteiger partial charge on any atom is 0.261 e. The highest BCUT2D eigenvalue weighted by molar-refractivity contribution is 9.10. The van der Waals surface area contributed by atoms with Gasteiger partial charge >= 0.3 is 0 Å². The predicted molar refractivity (Wildman–Crippen MR) is 77.9 cm³/mol. The maximum absolute atomic E-state index is 13.6. The summed E-state index contributed by atoms with van der Waals surface area (Å²) in [6.45, 7) is 0.0477. The van der Waals surface area contributed by atoms with E-state index in [9.17, 15) is 12.8 Å². The van der Waals surface area contributed by atoms with Gasteiger partial charge in [0.25, 0.3) is 9.05 Å². The average Bonchev–Trinajstić information content (AvgIpc) is 2.37. The number of ether oxygens (including phenoxy) is 1. The molecule has 2 aromatic carbocycles. The van der Waals surface area contributed by atoms with Crippen LogP contribution in [0, 0.1) is 5.82 Å². The molecular weight excluding hydrogens is 371 g/mol. The van der Waals surface area contributed by atoms with Gasteiger partial charge in [-0.25, -0.2) is 12.8 Å². The minimum absolute atomic E-state index is 0.0126. The zero-order chi connectivity index (χ0) is 14.8. The SMILES string of the molecule is O=S(=O)(Cl)c1ccc(OCc2ccc(Br)cc2F)cc1. The van der Waals surface area contributed by atoms with Gasteiger partial charge in [0, 0.05) is 20.7 Å². The van der Waals surface area contributed by atoms with E-state index < -0.39 is 9.05 Å². The first-order valence-corrected chi connectivity index (χ1v) is 8.58. The second kappa shape index (κ2) is 6.11. The lowest BCUT2D eigenvalue weighted by molar-refractivity contribution is 0.299. The van der Waals surface area contributed by atoms with Gasteiger partial charge in [-0.3, -0.25) is 0 Å². The molecule has 0 atom stereocenters. The minimum atomic E-state index is -3.75. The van der Waals surface area contributed by atoms with Crippen molar-refractivity contribution in [1.29, 1.82) is 0 Å². The van der Waals surface area contributed by atoms with Crippen LogP contribution in [0.1, 0.15) is 5.56 Å². The molecule has 0 amide bonds. The third kappa shape index (κ3) is 3.94. The lowest BCUT2D eigenvalue weighted by atomic mass is 10.2. The quantitative estimate of drug-likeness (QED) is 0.751. The van der Waals surface area contributed by atoms with Crippen LogP contribution in [0.5, 0.6) is 5.75 Å². The Morgan fingerprint density at radius 2 is 1.80 bits per heavy atom. The van der Waals surface area contributed by atoms with Gasteiger partial charge in [-0.05, 0) is 36.4 Å². The van der Waals surface area contributed by atoms with Crippen LogP contribution in [0.3, 0.4) is 0 Å². The van der Waals surface area contributed by atoms with E-state index in [1.165, 1.54) is 30.3 Å². The molecular formula is C13H9BrClFO3S. The van der Waals surface area contributed by atoms with Crippen LogP contribution < -0.4 is 4.74 Å². The van der Waals surface area contributed by atoms with Crippen molar-refractivity contribution in [2.75, 3.05) is 0 Å². The summed E-state index contributed by atoms with van der Waals surface area (Å²) < 4.78 is 41.7. The molecule has 0 saturated heterocycles. The standard InChI is InChI=1S/C13H9BrClFO3S/c14-10-2-1-9(13(16)7-10)8-19-11-3-5-12(6-4-11)20(15,17)18/h1-7H,8H2. The average molecular weight is 380 g/mol. The third-order valence-electron chi connectivity index (χ3n) is 2.51. The van der Waals surface area contributed by atoms with Crippen molar-refractivity contribution in [3.8, 4) is 5.75 Å². The molecule has 0 spiro atoms. The summed E-state index contributed by atoms with van der Waals surface area (Å²) in [6.07, 6.45) is 0. The lowest BCUT2D eigenvalue weighted by Crippen LogP contribution is -1.99. The molecule has 3 nitrogen and oxygen atoms in total. The molecule has 20 heavy (non-hydrogen) atoms. The first kappa shape index (κ1) is 15.3. The van der Waals surface area contributed by atoms with Gasteiger partial charge in [0.05, 0.1) is 4.90 Å². The minimum Gasteiger partial charge on any atom is -0.489 e. The van der Waals surface area contributed by atoms with Gasteiger partial charge in [0.15, 0.2) is 0 Å². The molecule has 0 heterocycles. The fraction of sp³-hybridized carbons (Fsp3) is 0.0769. The second-order valence-corrected chi connectivity index (χ2v) is 7.42. The van der Waals surface area contributed by atoms with Gasteiger partial charge in [0.1, 0.15) is 18.2 Å². The van der Waals surface area contributed by atoms with Gasteiger partial charge in [0.2, 0.25) is 0 Å². The normalized spacial score (nSPS) is 11.3. The summed E-state index contributed by atoms with van der Waals surface area (Å²) >= 11 is 3.17. The van der Waals surface area contributed by atoms with Crippen LogP contribution in [0.2, 0.25) is 0 Å². The Morgan fingerprint density at radius 3 is 2.35 bits per heavy atom. The Hall–Kier alpha value is -1.11. The second-order valence-electron chi connectivity index (χ2n) is 3.93. The zero-order valence-electron chi connectivity index (χ0n) is 10.0. The summed E-state index contributed by atoms with van der Waals surface area (Å²) in [5.41, 5.74) is 0.405. The van der Waals surface area contributed by atoms with Crippen LogP contribution in [-0.2, 0) is 15.7 Å². The Balaban J connectivity index is 2.08. The fourth-order valence-corrected chi connectivity index (χ4v) is 2.60. The van der Waals surface area contributed by atoms with Gasteiger partial charge < -0.3 is 4.74 Å². The highest BCUT2D eigenvalue weighted by Gasteiger charge is 2.09. The summed E-state index contributed by atoms with van der Waals surface area (Å²) in [4.78, 5) is -0.0126. The summed E-state index contributed by atoms with van der Waals surface area (Å²) in [5, 5.41) is 0. The van der Waals surface area contributed by atoms with Crippen molar-refractivity contribution >= 4 is 35.7 Å². The fourth-order valence-electron chi connectivity index (χ4n) is 1.50. The van der Waals surface area contributed by atoms with E-state index in [4.69, 9.17) is 15.4 Å². The van der Waals surface area contributed by atoms with Gasteiger partial charge in [-0.2, -0.15) is 0 Å². The van der Waals surface area contributed by atoms with Gasteiger partial charge in [-0.1, -0.05) is 22.0 Å². The third-order valence-corrected chi connectivity index (χ3v) is 4.38. The molecule has 0 aliphatic carbocycles. The molecule has 0 saturated carbocycles. The molecule has 106 valence electrons. The Bertz CT molecular complexity index is 717. The molecule has 7 heteroatoms. The van der Waals surface area contributed by atoms with E-state index in [2.05, 4.69) is 15.9 Å². The molecule has 0 N–H and O–H groups in total. The van der Waals surface area contributed by atoms with Crippen molar-refractivity contribution in [3.05, 3.63) is 58.3 Å². The molecule has 0 bridgehead atoms. The zero-order valence-corrected chi connectivity index (χ0v) is 13.2. The van der Waals surface area contributed by atoms with Crippen LogP contribution >= 0.6 is 26.6 Å². The summed E-state index contributed by atoms with van der Waals surface area (Å²) in [6, 6.07) is 10.3. The lowest BCUT2D eigenvalue weighted by Gasteiger charge is -2.07. The molecule has 2 rings (SSSR count). The molecule has 0 fully saturated rings. The molecule has 0 aromatic heterocycles. The molecule has 2 aromatic rings. The van der Waals surface area contributed by atoms with Crippen molar-refractivity contribution in [1.82, 2.24) is 0 Å². The van der Waals surface area contributed by atoms with Gasteiger partial charge in [-0.15, -0.1) is 0 Å². The van der Waals surface area contributed by atoms with Crippen LogP contribution in [0.4, 0.5) is 4.39 Å². The van der Waals surface area contributed by atoms with E-state index in [0.717, 1.165) is 0 Å². The number of halogens is 3. The topological polar surface area (TPSA) is 43.4 Å². The molecule has 0 unspecified atom stereocenters. The van der Waals surface area contributed by atoms with E-state index in [-0.39, 0.29) is 17.3 Å². The van der Waals surface area contributed by atoms with Crippen LogP contribution in [-0.4, -0.2) is 8.42 Å². The van der Waals surface area contributed by atoms with E-state index in [0.29, 0.717) is 15.8 Å². The number of benzene rings is 2. The van der Waals surface area contributed by atoms with E-state index in [1.54, 1.807) is 12.1 Å². The number of hydrogen-bond acceptors (Lipinski definition) is 3. The maximum atomic E-state index is 13.6. The van der Waals surface area contributed by atoms with Crippen LogP contribution in [0.15, 0.2) is 51.8 Å². The van der Waals surface area contributed by atoms with E-state index >= 15 is 0 Å². The Labute approximate surface area is 128 Å². The number of hydrogen-bond donors (Lipinski definition) is 0. The number of rotatable bonds is 4. The molecule has 0 aliphatic rings. The van der Waals surface area contributed by atoms with Crippen LogP contribution in [0.25, 0.3) is 0 Å². The van der Waals surface area contributed by atoms with E-state index in [1.807, 2.05) is 0 Å². The van der Waals surface area contributed by atoms with Crippen molar-refractivity contribution in [2.45, 2.75) is 11.5 Å². The Kier molecular flexibility index (Phi) is 4.67. The summed E-state index contributed by atoms with van der Waals surface area (Å²) in [7, 11) is 1.45. The molecule has 0 radical (unpaired) electrons. The summed E-state index contributed by atoms with van der Waals surface area (Å²) in [5.74, 6) is 0.0516. The predicted octanol–water partition coefficient (Wildman–Crippen LogP) is 4.09. The highest BCUT2D eigenvalue weighted by atomic mass is 79.9. The highest BCUT2D eigenvalue weighted by Crippen LogP contribution is 2.21. The van der Waals surface area contributed by atoms with Crippen molar-refractivity contribution < 1.29 is 17.5 Å². The monoisotopic (exact) mass is 378 g/mol.